The lowest BCUT2D eigenvalue weighted by molar-refractivity contribution is -0.137. The van der Waals surface area contributed by atoms with Gasteiger partial charge in [0.25, 0.3) is 0 Å². The molecular formula is C14H29N3O3. The van der Waals surface area contributed by atoms with Gasteiger partial charge in [0.15, 0.2) is 0 Å². The minimum atomic E-state index is -0.886. The largest absolute Gasteiger partial charge is 0.481 e. The summed E-state index contributed by atoms with van der Waals surface area (Å²) in [6.45, 7) is 7.63. The molecule has 118 valence electrons. The molecule has 0 aromatic rings. The molecule has 0 aliphatic rings. The van der Waals surface area contributed by atoms with Crippen molar-refractivity contribution in [3.63, 3.8) is 0 Å². The molecule has 0 saturated carbocycles. The topological polar surface area (TPSA) is 72.9 Å². The summed E-state index contributed by atoms with van der Waals surface area (Å²) in [7, 11) is 3.95. The highest BCUT2D eigenvalue weighted by Crippen LogP contribution is 2.06. The maximum Gasteiger partial charge on any atom is 0.317 e. The molecule has 1 unspecified atom stereocenters. The molecule has 0 spiro atoms. The molecule has 6 nitrogen and oxygen atoms in total. The summed E-state index contributed by atoms with van der Waals surface area (Å²) < 4.78 is 0. The van der Waals surface area contributed by atoms with Gasteiger partial charge in [0.05, 0.1) is 6.42 Å². The second-order valence-corrected chi connectivity index (χ2v) is 5.76. The van der Waals surface area contributed by atoms with E-state index in [1.165, 1.54) is 4.90 Å². The second-order valence-electron chi connectivity index (χ2n) is 5.76. The number of urea groups is 1. The number of hydrogen-bond acceptors (Lipinski definition) is 3. The van der Waals surface area contributed by atoms with E-state index in [-0.39, 0.29) is 25.0 Å². The summed E-state index contributed by atoms with van der Waals surface area (Å²) in [5, 5.41) is 11.7. The van der Waals surface area contributed by atoms with Gasteiger partial charge in [0.2, 0.25) is 0 Å². The van der Waals surface area contributed by atoms with Gasteiger partial charge in [-0.05, 0) is 33.4 Å². The Labute approximate surface area is 122 Å². The number of carbonyl (C=O) groups is 2. The second kappa shape index (κ2) is 9.58. The van der Waals surface area contributed by atoms with Crippen LogP contribution in [0.5, 0.6) is 0 Å². The third-order valence-electron chi connectivity index (χ3n) is 2.93. The van der Waals surface area contributed by atoms with Gasteiger partial charge >= 0.3 is 12.0 Å². The molecule has 0 aliphatic carbocycles. The summed E-state index contributed by atoms with van der Waals surface area (Å²) in [6.07, 6.45) is 0.879. The first kappa shape index (κ1) is 18.7. The maximum atomic E-state index is 12.2. The average molecular weight is 287 g/mol. The highest BCUT2D eigenvalue weighted by molar-refractivity contribution is 5.75. The number of rotatable bonds is 9. The Morgan fingerprint density at radius 1 is 1.25 bits per heavy atom. The zero-order valence-corrected chi connectivity index (χ0v) is 13.3. The minimum Gasteiger partial charge on any atom is -0.481 e. The van der Waals surface area contributed by atoms with Crippen LogP contribution in [-0.4, -0.2) is 66.7 Å². The van der Waals surface area contributed by atoms with E-state index in [4.69, 9.17) is 5.11 Å². The Bertz CT molecular complexity index is 296. The van der Waals surface area contributed by atoms with Crippen LogP contribution in [0.4, 0.5) is 4.79 Å². The fraction of sp³-hybridized carbons (Fsp3) is 0.857. The van der Waals surface area contributed by atoms with E-state index in [0.717, 1.165) is 13.0 Å². The van der Waals surface area contributed by atoms with Crippen LogP contribution >= 0.6 is 0 Å². The zero-order chi connectivity index (χ0) is 15.7. The first-order valence-corrected chi connectivity index (χ1v) is 7.18. The Hall–Kier alpha value is -1.30. The Kier molecular flexibility index (Phi) is 8.96. The minimum absolute atomic E-state index is 0.0240. The van der Waals surface area contributed by atoms with E-state index < -0.39 is 5.97 Å². The van der Waals surface area contributed by atoms with Gasteiger partial charge in [-0.3, -0.25) is 4.79 Å². The van der Waals surface area contributed by atoms with Crippen molar-refractivity contribution < 1.29 is 14.7 Å². The predicted molar refractivity (Wildman–Crippen MR) is 79.8 cm³/mol. The Balaban J connectivity index is 4.49. The normalized spacial score (nSPS) is 12.6. The molecule has 1 atom stereocenters. The fourth-order valence-electron chi connectivity index (χ4n) is 2.09. The summed E-state index contributed by atoms with van der Waals surface area (Å²) in [6, 6.07) is -0.0994. The lowest BCUT2D eigenvalue weighted by Gasteiger charge is -2.28. The summed E-state index contributed by atoms with van der Waals surface area (Å²) in [5.41, 5.74) is 0. The number of nitrogens with one attached hydrogen (secondary N) is 1. The lowest BCUT2D eigenvalue weighted by Crippen LogP contribution is -2.49. The van der Waals surface area contributed by atoms with Gasteiger partial charge in [0.1, 0.15) is 0 Å². The van der Waals surface area contributed by atoms with Gasteiger partial charge in [-0.15, -0.1) is 0 Å². The number of hydrogen-bond donors (Lipinski definition) is 2. The van der Waals surface area contributed by atoms with E-state index in [0.29, 0.717) is 12.5 Å². The smallest absolute Gasteiger partial charge is 0.317 e. The molecule has 6 heteroatoms. The van der Waals surface area contributed by atoms with Crippen molar-refractivity contribution in [2.24, 2.45) is 5.92 Å². The molecule has 0 aromatic heterocycles. The van der Waals surface area contributed by atoms with Crippen LogP contribution in [-0.2, 0) is 4.79 Å². The molecule has 20 heavy (non-hydrogen) atoms. The molecule has 0 radical (unpaired) electrons. The van der Waals surface area contributed by atoms with Gasteiger partial charge in [0, 0.05) is 25.7 Å². The van der Waals surface area contributed by atoms with Crippen LogP contribution in [0.25, 0.3) is 0 Å². The average Bonchev–Trinajstić information content (AvgIpc) is 2.27. The van der Waals surface area contributed by atoms with E-state index >= 15 is 0 Å². The molecule has 0 aromatic carbocycles. The molecule has 0 fully saturated rings. The van der Waals surface area contributed by atoms with Crippen LogP contribution in [0.15, 0.2) is 0 Å². The molecule has 0 saturated heterocycles. The Morgan fingerprint density at radius 2 is 1.85 bits per heavy atom. The number of carboxylic acids is 1. The van der Waals surface area contributed by atoms with Crippen molar-refractivity contribution in [2.75, 3.05) is 33.7 Å². The van der Waals surface area contributed by atoms with Gasteiger partial charge in [-0.1, -0.05) is 13.8 Å². The van der Waals surface area contributed by atoms with Crippen LogP contribution in [0.1, 0.15) is 33.6 Å². The van der Waals surface area contributed by atoms with Crippen LogP contribution in [0.2, 0.25) is 0 Å². The van der Waals surface area contributed by atoms with Gasteiger partial charge < -0.3 is 20.2 Å². The number of carbonyl (C=O) groups excluding carboxylic acids is 1. The quantitative estimate of drug-likeness (QED) is 0.673. The lowest BCUT2D eigenvalue weighted by atomic mass is 10.0. The van der Waals surface area contributed by atoms with Gasteiger partial charge in [-0.25, -0.2) is 4.79 Å². The first-order chi connectivity index (χ1) is 9.26. The number of nitrogens with zero attached hydrogens (tertiary/aromatic N) is 2. The van der Waals surface area contributed by atoms with Crippen molar-refractivity contribution in [3.05, 3.63) is 0 Å². The SMILES string of the molecule is CCN(CCC(=O)O)C(=O)NC(CC(C)C)CN(C)C. The molecular weight excluding hydrogens is 258 g/mol. The predicted octanol–water partition coefficient (Wildman–Crippen LogP) is 1.47. The van der Waals surface area contributed by atoms with Crippen LogP contribution in [0.3, 0.4) is 0 Å². The van der Waals surface area contributed by atoms with E-state index in [1.54, 1.807) is 0 Å². The molecule has 2 N–H and O–H groups in total. The van der Waals surface area contributed by atoms with Crippen LogP contribution in [0, 0.1) is 5.92 Å². The molecule has 2 amide bonds. The Morgan fingerprint density at radius 3 is 2.25 bits per heavy atom. The van der Waals surface area contributed by atoms with Crippen LogP contribution < -0.4 is 5.32 Å². The molecule has 0 bridgehead atoms. The van der Waals surface area contributed by atoms with Gasteiger partial charge in [-0.2, -0.15) is 0 Å². The van der Waals surface area contributed by atoms with Crippen molar-refractivity contribution in [3.8, 4) is 0 Å². The van der Waals surface area contributed by atoms with Crippen molar-refractivity contribution in [2.45, 2.75) is 39.7 Å². The highest BCUT2D eigenvalue weighted by Gasteiger charge is 2.19. The first-order valence-electron chi connectivity index (χ1n) is 7.18. The number of aliphatic carboxylic acids is 1. The third kappa shape index (κ3) is 8.74. The molecule has 0 aliphatic heterocycles. The highest BCUT2D eigenvalue weighted by atomic mass is 16.4. The summed E-state index contributed by atoms with van der Waals surface area (Å²) in [4.78, 5) is 26.3. The summed E-state index contributed by atoms with van der Waals surface area (Å²) in [5.74, 6) is -0.391. The fourth-order valence-corrected chi connectivity index (χ4v) is 2.09. The van der Waals surface area contributed by atoms with Crippen molar-refractivity contribution >= 4 is 12.0 Å². The van der Waals surface area contributed by atoms with Crippen molar-refractivity contribution in [1.29, 1.82) is 0 Å². The number of carboxylic acid groups (broad SMARTS) is 1. The van der Waals surface area contributed by atoms with Crippen molar-refractivity contribution in [1.82, 2.24) is 15.1 Å². The number of amides is 2. The summed E-state index contributed by atoms with van der Waals surface area (Å²) >= 11 is 0. The standard InChI is InChI=1S/C14H29N3O3/c1-6-17(8-7-13(18)19)14(20)15-12(9-11(2)3)10-16(4)5/h11-12H,6-10H2,1-5H3,(H,15,20)(H,18,19). The zero-order valence-electron chi connectivity index (χ0n) is 13.3. The van der Waals surface area contributed by atoms with E-state index in [9.17, 15) is 9.59 Å². The monoisotopic (exact) mass is 287 g/mol. The third-order valence-corrected chi connectivity index (χ3v) is 2.93. The van der Waals surface area contributed by atoms with E-state index in [1.807, 2.05) is 25.9 Å². The molecule has 0 heterocycles. The maximum absolute atomic E-state index is 12.2. The molecule has 0 rings (SSSR count). The number of likely N-dealkylation sites (N-methyl/N-ethyl adjacent to an activating group) is 1. The van der Waals surface area contributed by atoms with E-state index in [2.05, 4.69) is 19.2 Å².